The summed E-state index contributed by atoms with van der Waals surface area (Å²) in [7, 11) is 1.63. The van der Waals surface area contributed by atoms with E-state index in [1.54, 1.807) is 7.11 Å². The first kappa shape index (κ1) is 20.9. The number of hydrogen-bond donors (Lipinski definition) is 1. The zero-order valence-corrected chi connectivity index (χ0v) is 18.2. The highest BCUT2D eigenvalue weighted by atomic mass is 35.5. The van der Waals surface area contributed by atoms with Crippen LogP contribution in [0.25, 0.3) is 0 Å². The van der Waals surface area contributed by atoms with Crippen molar-refractivity contribution in [3.63, 3.8) is 0 Å². The minimum atomic E-state index is 0.0505. The average Bonchev–Trinajstić information content (AvgIpc) is 2.67. The van der Waals surface area contributed by atoms with Crippen LogP contribution in [-0.2, 0) is 6.54 Å². The molecular formula is C22H28Cl2N2O2. The number of nitrogens with one attached hydrogen (secondary N) is 1. The van der Waals surface area contributed by atoms with E-state index in [2.05, 4.69) is 22.3 Å². The number of nitrogens with zero attached hydrogens (tertiary/aromatic N) is 1. The molecule has 0 saturated carbocycles. The fourth-order valence-electron chi connectivity index (χ4n) is 3.42. The number of methoxy groups -OCH3 is 1. The molecule has 0 aromatic heterocycles. The molecule has 152 valence electrons. The first-order valence-electron chi connectivity index (χ1n) is 9.79. The molecule has 0 bridgehead atoms. The summed E-state index contributed by atoms with van der Waals surface area (Å²) in [5.74, 6) is 1.33. The van der Waals surface area contributed by atoms with Crippen molar-refractivity contribution in [2.45, 2.75) is 45.8 Å². The van der Waals surface area contributed by atoms with E-state index in [0.717, 1.165) is 35.1 Å². The summed E-state index contributed by atoms with van der Waals surface area (Å²) >= 11 is 13.0. The average molecular weight is 423 g/mol. The van der Waals surface area contributed by atoms with E-state index >= 15 is 0 Å². The predicted octanol–water partition coefficient (Wildman–Crippen LogP) is 6.39. The molecule has 0 unspecified atom stereocenters. The van der Waals surface area contributed by atoms with E-state index in [-0.39, 0.29) is 6.10 Å². The number of rotatable bonds is 7. The predicted molar refractivity (Wildman–Crippen MR) is 119 cm³/mol. The van der Waals surface area contributed by atoms with E-state index in [9.17, 15) is 0 Å². The van der Waals surface area contributed by atoms with Crippen LogP contribution in [0.2, 0.25) is 10.0 Å². The third kappa shape index (κ3) is 5.18. The number of piperidine rings is 1. The molecule has 1 fully saturated rings. The Morgan fingerprint density at radius 3 is 2.39 bits per heavy atom. The maximum absolute atomic E-state index is 6.55. The monoisotopic (exact) mass is 422 g/mol. The first-order chi connectivity index (χ1) is 13.5. The molecule has 6 heteroatoms. The SMILES string of the molecule is COc1cc(CNc2ccc(N3CCCCC3)c(Cl)c2)c(Cl)cc1OC(C)C. The first-order valence-corrected chi connectivity index (χ1v) is 10.5. The van der Waals surface area contributed by atoms with E-state index < -0.39 is 0 Å². The topological polar surface area (TPSA) is 33.7 Å². The number of hydrogen-bond acceptors (Lipinski definition) is 4. The summed E-state index contributed by atoms with van der Waals surface area (Å²) in [6, 6.07) is 9.86. The van der Waals surface area contributed by atoms with Crippen molar-refractivity contribution in [1.29, 1.82) is 0 Å². The Balaban J connectivity index is 1.70. The van der Waals surface area contributed by atoms with Crippen LogP contribution in [-0.4, -0.2) is 26.3 Å². The zero-order chi connectivity index (χ0) is 20.1. The number of halogens is 2. The normalized spacial score (nSPS) is 14.3. The van der Waals surface area contributed by atoms with Gasteiger partial charge in [-0.05, 0) is 62.9 Å². The van der Waals surface area contributed by atoms with Gasteiger partial charge in [0.15, 0.2) is 11.5 Å². The Kier molecular flexibility index (Phi) is 7.19. The van der Waals surface area contributed by atoms with Gasteiger partial charge in [-0.1, -0.05) is 23.2 Å². The van der Waals surface area contributed by atoms with Crippen LogP contribution < -0.4 is 19.7 Å². The van der Waals surface area contributed by atoms with Gasteiger partial charge in [0.1, 0.15) is 0 Å². The molecule has 0 spiro atoms. The molecular weight excluding hydrogens is 395 g/mol. The number of anilines is 2. The van der Waals surface area contributed by atoms with Gasteiger partial charge < -0.3 is 19.7 Å². The van der Waals surface area contributed by atoms with Crippen molar-refractivity contribution in [3.05, 3.63) is 45.9 Å². The number of benzene rings is 2. The second-order valence-electron chi connectivity index (χ2n) is 7.33. The number of ether oxygens (including phenoxy) is 2. The fourth-order valence-corrected chi connectivity index (χ4v) is 3.94. The van der Waals surface area contributed by atoms with E-state index in [1.165, 1.54) is 19.3 Å². The Morgan fingerprint density at radius 2 is 1.75 bits per heavy atom. The van der Waals surface area contributed by atoms with Crippen LogP contribution in [0.5, 0.6) is 11.5 Å². The molecule has 1 aliphatic rings. The molecule has 1 saturated heterocycles. The van der Waals surface area contributed by atoms with Crippen LogP contribution in [0.4, 0.5) is 11.4 Å². The second kappa shape index (κ2) is 9.62. The lowest BCUT2D eigenvalue weighted by molar-refractivity contribution is 0.230. The molecule has 0 radical (unpaired) electrons. The summed E-state index contributed by atoms with van der Waals surface area (Å²) in [6.07, 6.45) is 3.81. The van der Waals surface area contributed by atoms with Gasteiger partial charge >= 0.3 is 0 Å². The molecule has 2 aromatic rings. The summed E-state index contributed by atoms with van der Waals surface area (Å²) in [5, 5.41) is 4.81. The van der Waals surface area contributed by atoms with Gasteiger partial charge in [0.05, 0.1) is 23.9 Å². The maximum atomic E-state index is 6.55. The van der Waals surface area contributed by atoms with E-state index in [0.29, 0.717) is 23.1 Å². The Bertz CT molecular complexity index is 805. The Labute approximate surface area is 177 Å². The lowest BCUT2D eigenvalue weighted by Gasteiger charge is -2.29. The maximum Gasteiger partial charge on any atom is 0.163 e. The lowest BCUT2D eigenvalue weighted by atomic mass is 10.1. The van der Waals surface area contributed by atoms with Crippen molar-refractivity contribution in [1.82, 2.24) is 0 Å². The second-order valence-corrected chi connectivity index (χ2v) is 8.14. The summed E-state index contributed by atoms with van der Waals surface area (Å²) in [4.78, 5) is 2.37. The molecule has 3 rings (SSSR count). The smallest absolute Gasteiger partial charge is 0.163 e. The van der Waals surface area contributed by atoms with Crippen molar-refractivity contribution in [2.24, 2.45) is 0 Å². The van der Waals surface area contributed by atoms with E-state index in [1.807, 2.05) is 32.0 Å². The van der Waals surface area contributed by atoms with Crippen LogP contribution >= 0.6 is 23.2 Å². The minimum Gasteiger partial charge on any atom is -0.493 e. The summed E-state index contributed by atoms with van der Waals surface area (Å²) in [6.45, 7) is 6.66. The van der Waals surface area contributed by atoms with Gasteiger partial charge in [-0.3, -0.25) is 0 Å². The van der Waals surface area contributed by atoms with Crippen molar-refractivity contribution >= 4 is 34.6 Å². The van der Waals surface area contributed by atoms with Gasteiger partial charge in [-0.15, -0.1) is 0 Å². The molecule has 2 aromatic carbocycles. The molecule has 28 heavy (non-hydrogen) atoms. The molecule has 4 nitrogen and oxygen atoms in total. The van der Waals surface area contributed by atoms with Gasteiger partial charge in [0.2, 0.25) is 0 Å². The fraction of sp³-hybridized carbons (Fsp3) is 0.455. The third-order valence-electron chi connectivity index (χ3n) is 4.82. The Hall–Kier alpha value is -1.78. The quantitative estimate of drug-likeness (QED) is 0.559. The van der Waals surface area contributed by atoms with Gasteiger partial charge in [0, 0.05) is 36.4 Å². The standard InChI is InChI=1S/C22H28Cl2N2O2/c1-15(2)28-22-13-18(23)16(11-21(22)27-3)14-25-17-7-8-20(19(24)12-17)26-9-5-4-6-10-26/h7-8,11-13,15,25H,4-6,9-10,14H2,1-3H3. The zero-order valence-electron chi connectivity index (χ0n) is 16.7. The summed E-state index contributed by atoms with van der Waals surface area (Å²) < 4.78 is 11.2. The van der Waals surface area contributed by atoms with Crippen LogP contribution in [0, 0.1) is 0 Å². The molecule has 1 aliphatic heterocycles. The van der Waals surface area contributed by atoms with Crippen LogP contribution in [0.3, 0.4) is 0 Å². The highest BCUT2D eigenvalue weighted by Crippen LogP contribution is 2.35. The Morgan fingerprint density at radius 1 is 1.00 bits per heavy atom. The van der Waals surface area contributed by atoms with Crippen molar-refractivity contribution in [3.8, 4) is 11.5 Å². The van der Waals surface area contributed by atoms with E-state index in [4.69, 9.17) is 32.7 Å². The summed E-state index contributed by atoms with van der Waals surface area (Å²) in [5.41, 5.74) is 3.01. The molecule has 0 aliphatic carbocycles. The van der Waals surface area contributed by atoms with Crippen molar-refractivity contribution < 1.29 is 9.47 Å². The molecule has 0 amide bonds. The van der Waals surface area contributed by atoms with Crippen molar-refractivity contribution in [2.75, 3.05) is 30.4 Å². The third-order valence-corrected chi connectivity index (χ3v) is 5.48. The van der Waals surface area contributed by atoms with Crippen LogP contribution in [0.15, 0.2) is 30.3 Å². The largest absolute Gasteiger partial charge is 0.493 e. The van der Waals surface area contributed by atoms with Gasteiger partial charge in [0.25, 0.3) is 0 Å². The van der Waals surface area contributed by atoms with Gasteiger partial charge in [-0.2, -0.15) is 0 Å². The minimum absolute atomic E-state index is 0.0505. The highest BCUT2D eigenvalue weighted by Gasteiger charge is 2.15. The lowest BCUT2D eigenvalue weighted by Crippen LogP contribution is -2.29. The molecule has 1 heterocycles. The van der Waals surface area contributed by atoms with Gasteiger partial charge in [-0.25, -0.2) is 0 Å². The molecule has 0 atom stereocenters. The van der Waals surface area contributed by atoms with Crippen LogP contribution in [0.1, 0.15) is 38.7 Å². The highest BCUT2D eigenvalue weighted by molar-refractivity contribution is 6.33. The molecule has 1 N–H and O–H groups in total.